The van der Waals surface area contributed by atoms with Crippen LogP contribution in [0.4, 0.5) is 10.5 Å². The van der Waals surface area contributed by atoms with Gasteiger partial charge in [0.2, 0.25) is 5.91 Å². The highest BCUT2D eigenvalue weighted by molar-refractivity contribution is 6.02. The molecule has 3 heterocycles. The number of hydrogen-bond donors (Lipinski definition) is 1. The Hall–Kier alpha value is -3.94. The molecule has 1 saturated carbocycles. The minimum Gasteiger partial charge on any atom is -0.444 e. The fourth-order valence-electron chi connectivity index (χ4n) is 4.28. The van der Waals surface area contributed by atoms with E-state index in [1.165, 1.54) is 24.5 Å². The zero-order chi connectivity index (χ0) is 25.3. The highest BCUT2D eigenvalue weighted by Gasteiger charge is 2.26. The molecule has 0 bridgehead atoms. The highest BCUT2D eigenvalue weighted by Crippen LogP contribution is 2.35. The molecule has 8 heteroatoms. The number of pyridine rings is 1. The number of fused-ring (bicyclic) bond motifs is 1. The molecule has 1 aromatic carbocycles. The van der Waals surface area contributed by atoms with Crippen LogP contribution in [0.2, 0.25) is 0 Å². The molecule has 1 aliphatic heterocycles. The summed E-state index contributed by atoms with van der Waals surface area (Å²) in [6.07, 6.45) is 13.5. The Labute approximate surface area is 211 Å². The number of nitrogens with zero attached hydrogens (tertiary/aromatic N) is 4. The van der Waals surface area contributed by atoms with Gasteiger partial charge in [-0.15, -0.1) is 0 Å². The molecule has 5 rings (SSSR count). The number of benzene rings is 1. The van der Waals surface area contributed by atoms with Crippen LogP contribution < -0.4 is 5.32 Å². The first-order chi connectivity index (χ1) is 17.2. The van der Waals surface area contributed by atoms with Gasteiger partial charge in [-0.2, -0.15) is 5.10 Å². The molecular formula is C28H31N5O3. The molecule has 0 spiro atoms. The second kappa shape index (κ2) is 9.60. The second-order valence-corrected chi connectivity index (χ2v) is 10.4. The Morgan fingerprint density at radius 3 is 2.75 bits per heavy atom. The molecule has 0 atom stereocenters. The number of nitrogens with one attached hydrogen (secondary N) is 1. The summed E-state index contributed by atoms with van der Waals surface area (Å²) in [4.78, 5) is 31.1. The number of amides is 2. The summed E-state index contributed by atoms with van der Waals surface area (Å²) in [7, 11) is 0. The van der Waals surface area contributed by atoms with Crippen LogP contribution in [0.15, 0.2) is 55.1 Å². The molecule has 3 aromatic rings. The predicted molar refractivity (Wildman–Crippen MR) is 138 cm³/mol. The maximum Gasteiger partial charge on any atom is 0.410 e. The topological polar surface area (TPSA) is 89.3 Å². The lowest BCUT2D eigenvalue weighted by atomic mass is 9.99. The van der Waals surface area contributed by atoms with E-state index in [-0.39, 0.29) is 12.0 Å². The normalized spacial score (nSPS) is 15.6. The summed E-state index contributed by atoms with van der Waals surface area (Å²) in [6.45, 7) is 6.65. The molecule has 36 heavy (non-hydrogen) atoms. The van der Waals surface area contributed by atoms with Crippen LogP contribution in [0.5, 0.6) is 0 Å². The lowest BCUT2D eigenvalue weighted by Gasteiger charge is -2.31. The standard InChI is InChI=1S/C28H31N5O3/c1-28(2,3)36-27(35)32-13-11-19-4-6-23(14-21(19)17-32)31-26(34)9-5-20-15-29-12-10-25(20)22-16-30-33(18-22)24-7-8-24/h4-6,9-10,12,14-16,18,24H,7-8,11,13,17H2,1-3H3,(H,31,34)/b9-5+. The SMILES string of the molecule is CC(C)(C)OC(=O)N1CCc2ccc(NC(=O)/C=C/c3cnccc3-c3cnn(C4CC4)c3)cc2C1. The molecule has 2 amide bonds. The van der Waals surface area contributed by atoms with Gasteiger partial charge >= 0.3 is 6.09 Å². The van der Waals surface area contributed by atoms with Crippen LogP contribution in [-0.4, -0.2) is 43.8 Å². The third-order valence-corrected chi connectivity index (χ3v) is 6.24. The molecule has 8 nitrogen and oxygen atoms in total. The number of carbonyl (C=O) groups is 2. The van der Waals surface area contributed by atoms with E-state index in [0.717, 1.165) is 28.7 Å². The number of carbonyl (C=O) groups excluding carboxylic acids is 2. The van der Waals surface area contributed by atoms with Crippen molar-refractivity contribution in [3.05, 3.63) is 71.8 Å². The van der Waals surface area contributed by atoms with Gasteiger partial charge in [0.25, 0.3) is 0 Å². The second-order valence-electron chi connectivity index (χ2n) is 10.4. The quantitative estimate of drug-likeness (QED) is 0.500. The molecule has 1 aliphatic carbocycles. The van der Waals surface area contributed by atoms with Crippen molar-refractivity contribution in [2.75, 3.05) is 11.9 Å². The highest BCUT2D eigenvalue weighted by atomic mass is 16.6. The minimum absolute atomic E-state index is 0.238. The van der Waals surface area contributed by atoms with Crippen LogP contribution in [-0.2, 0) is 22.5 Å². The Morgan fingerprint density at radius 2 is 1.97 bits per heavy atom. The Balaban J connectivity index is 1.25. The van der Waals surface area contributed by atoms with E-state index in [9.17, 15) is 9.59 Å². The number of aromatic nitrogens is 3. The van der Waals surface area contributed by atoms with Crippen molar-refractivity contribution in [2.24, 2.45) is 0 Å². The van der Waals surface area contributed by atoms with E-state index in [0.29, 0.717) is 24.8 Å². The Bertz CT molecular complexity index is 1320. The molecule has 2 aliphatic rings. The summed E-state index contributed by atoms with van der Waals surface area (Å²) < 4.78 is 7.53. The van der Waals surface area contributed by atoms with Crippen molar-refractivity contribution in [1.82, 2.24) is 19.7 Å². The van der Waals surface area contributed by atoms with Gasteiger partial charge in [-0.05, 0) is 81.0 Å². The predicted octanol–water partition coefficient (Wildman–Crippen LogP) is 5.23. The first kappa shape index (κ1) is 23.8. The van der Waals surface area contributed by atoms with E-state index in [1.807, 2.05) is 55.9 Å². The maximum absolute atomic E-state index is 12.7. The first-order valence-corrected chi connectivity index (χ1v) is 12.3. The zero-order valence-corrected chi connectivity index (χ0v) is 20.9. The van der Waals surface area contributed by atoms with Crippen molar-refractivity contribution >= 4 is 23.8 Å². The number of anilines is 1. The van der Waals surface area contributed by atoms with E-state index >= 15 is 0 Å². The molecule has 0 unspecified atom stereocenters. The third-order valence-electron chi connectivity index (χ3n) is 6.24. The van der Waals surface area contributed by atoms with E-state index in [1.54, 1.807) is 23.4 Å². The Morgan fingerprint density at radius 1 is 1.14 bits per heavy atom. The van der Waals surface area contributed by atoms with Crippen molar-refractivity contribution in [1.29, 1.82) is 0 Å². The van der Waals surface area contributed by atoms with E-state index in [4.69, 9.17) is 4.74 Å². The molecule has 2 aromatic heterocycles. The van der Waals surface area contributed by atoms with Gasteiger partial charge in [0.05, 0.1) is 12.2 Å². The number of ether oxygens (including phenoxy) is 1. The zero-order valence-electron chi connectivity index (χ0n) is 20.9. The van der Waals surface area contributed by atoms with Crippen molar-refractivity contribution in [3.8, 4) is 11.1 Å². The lowest BCUT2D eigenvalue weighted by molar-refractivity contribution is -0.111. The van der Waals surface area contributed by atoms with Gasteiger partial charge in [0.15, 0.2) is 0 Å². The first-order valence-electron chi connectivity index (χ1n) is 12.3. The Kier molecular flexibility index (Phi) is 6.35. The van der Waals surface area contributed by atoms with Crippen LogP contribution in [0.1, 0.15) is 56.3 Å². The van der Waals surface area contributed by atoms with Gasteiger partial charge in [-0.3, -0.25) is 14.5 Å². The van der Waals surface area contributed by atoms with Crippen molar-refractivity contribution < 1.29 is 14.3 Å². The molecule has 186 valence electrons. The molecule has 0 radical (unpaired) electrons. The summed E-state index contributed by atoms with van der Waals surface area (Å²) in [5, 5.41) is 7.41. The summed E-state index contributed by atoms with van der Waals surface area (Å²) in [5.74, 6) is -0.238. The monoisotopic (exact) mass is 485 g/mol. The smallest absolute Gasteiger partial charge is 0.410 e. The van der Waals surface area contributed by atoms with Crippen LogP contribution in [0.25, 0.3) is 17.2 Å². The molecular weight excluding hydrogens is 454 g/mol. The fourth-order valence-corrected chi connectivity index (χ4v) is 4.28. The number of rotatable bonds is 5. The summed E-state index contributed by atoms with van der Waals surface area (Å²) in [5.41, 5.74) is 5.18. The summed E-state index contributed by atoms with van der Waals surface area (Å²) in [6, 6.07) is 8.29. The fraction of sp³-hybridized carbons (Fsp3) is 0.357. The third kappa shape index (κ3) is 5.64. The van der Waals surface area contributed by atoms with E-state index < -0.39 is 5.60 Å². The van der Waals surface area contributed by atoms with Crippen molar-refractivity contribution in [2.45, 2.75) is 58.2 Å². The van der Waals surface area contributed by atoms with Crippen LogP contribution in [0.3, 0.4) is 0 Å². The van der Waals surface area contributed by atoms with Crippen LogP contribution >= 0.6 is 0 Å². The van der Waals surface area contributed by atoms with E-state index in [2.05, 4.69) is 21.6 Å². The lowest BCUT2D eigenvalue weighted by Crippen LogP contribution is -2.39. The molecule has 0 saturated heterocycles. The van der Waals surface area contributed by atoms with Gasteiger partial charge in [0, 0.05) is 54.6 Å². The largest absolute Gasteiger partial charge is 0.444 e. The number of hydrogen-bond acceptors (Lipinski definition) is 5. The minimum atomic E-state index is -0.536. The van der Waals surface area contributed by atoms with Gasteiger partial charge < -0.3 is 15.0 Å². The van der Waals surface area contributed by atoms with Gasteiger partial charge in [-0.1, -0.05) is 6.07 Å². The summed E-state index contributed by atoms with van der Waals surface area (Å²) >= 11 is 0. The average Bonchev–Trinajstić information content (AvgIpc) is 3.58. The maximum atomic E-state index is 12.7. The van der Waals surface area contributed by atoms with Crippen LogP contribution in [0, 0.1) is 0 Å². The van der Waals surface area contributed by atoms with Gasteiger partial charge in [0.1, 0.15) is 5.60 Å². The average molecular weight is 486 g/mol. The van der Waals surface area contributed by atoms with Crippen molar-refractivity contribution in [3.63, 3.8) is 0 Å². The molecule has 1 N–H and O–H groups in total. The molecule has 1 fully saturated rings. The van der Waals surface area contributed by atoms with Gasteiger partial charge in [-0.25, -0.2) is 4.79 Å².